The second-order valence-corrected chi connectivity index (χ2v) is 11.1. The molecule has 9 nitrogen and oxygen atoms in total. The molecule has 168 valence electrons. The van der Waals surface area contributed by atoms with Gasteiger partial charge in [-0.15, -0.1) is 11.8 Å². The van der Waals surface area contributed by atoms with E-state index in [1.165, 1.54) is 40.9 Å². The molecule has 10 heteroatoms. The number of benzene rings is 1. The minimum Gasteiger partial charge on any atom is -0.508 e. The van der Waals surface area contributed by atoms with Gasteiger partial charge in [0.2, 0.25) is 17.7 Å². The molecular weight excluding hydrogens is 422 g/mol. The van der Waals surface area contributed by atoms with Crippen LogP contribution in [0.15, 0.2) is 24.3 Å². The van der Waals surface area contributed by atoms with Crippen LogP contribution in [0.1, 0.15) is 46.2 Å². The van der Waals surface area contributed by atoms with Gasteiger partial charge in [-0.1, -0.05) is 32.9 Å². The van der Waals surface area contributed by atoms with Gasteiger partial charge in [0.05, 0.1) is 0 Å². The molecule has 2 aliphatic rings. The van der Waals surface area contributed by atoms with Crippen LogP contribution in [0.25, 0.3) is 0 Å². The Kier molecular flexibility index (Phi) is 5.72. The van der Waals surface area contributed by atoms with Gasteiger partial charge in [0.1, 0.15) is 29.2 Å². The second kappa shape index (κ2) is 7.74. The highest BCUT2D eigenvalue weighted by Crippen LogP contribution is 2.50. The number of hydrogen-bond acceptors (Lipinski definition) is 6. The largest absolute Gasteiger partial charge is 0.508 e. The fourth-order valence-electron chi connectivity index (χ4n) is 3.70. The van der Waals surface area contributed by atoms with Gasteiger partial charge in [-0.25, -0.2) is 4.79 Å². The van der Waals surface area contributed by atoms with Crippen molar-refractivity contribution in [1.82, 2.24) is 15.5 Å². The van der Waals surface area contributed by atoms with Crippen LogP contribution < -0.4 is 10.6 Å². The SMILES string of the molecule is CC(C)(C)C(=O)NC(C(=O)NC1C(=O)N2C1SC(C)(C)C2C(=O)O)c1ccc(O)cc1. The highest BCUT2D eigenvalue weighted by molar-refractivity contribution is 8.01. The Balaban J connectivity index is 1.81. The number of thioether (sulfide) groups is 1. The Morgan fingerprint density at radius 3 is 2.26 bits per heavy atom. The van der Waals surface area contributed by atoms with Crippen LogP contribution in [0.4, 0.5) is 0 Å². The zero-order chi connectivity index (χ0) is 23.3. The summed E-state index contributed by atoms with van der Waals surface area (Å²) in [5.41, 5.74) is -0.308. The number of aromatic hydroxyl groups is 1. The maximum atomic E-state index is 13.1. The summed E-state index contributed by atoms with van der Waals surface area (Å²) in [7, 11) is 0. The first kappa shape index (κ1) is 22.9. The van der Waals surface area contributed by atoms with Gasteiger partial charge in [-0.05, 0) is 31.5 Å². The summed E-state index contributed by atoms with van der Waals surface area (Å²) < 4.78 is -0.706. The molecule has 0 aromatic heterocycles. The number of carbonyl (C=O) groups excluding carboxylic acids is 3. The first-order chi connectivity index (χ1) is 14.2. The second-order valence-electron chi connectivity index (χ2n) is 9.33. The van der Waals surface area contributed by atoms with E-state index in [0.29, 0.717) is 5.56 Å². The number of carboxylic acids is 1. The van der Waals surface area contributed by atoms with E-state index >= 15 is 0 Å². The van der Waals surface area contributed by atoms with E-state index in [2.05, 4.69) is 10.6 Å². The van der Waals surface area contributed by atoms with E-state index in [-0.39, 0.29) is 11.7 Å². The van der Waals surface area contributed by atoms with Crippen molar-refractivity contribution in [3.05, 3.63) is 29.8 Å². The third-order valence-electron chi connectivity index (χ3n) is 5.42. The van der Waals surface area contributed by atoms with E-state index < -0.39 is 51.4 Å². The number of fused-ring (bicyclic) bond motifs is 1. The van der Waals surface area contributed by atoms with Crippen molar-refractivity contribution < 1.29 is 29.4 Å². The highest BCUT2D eigenvalue weighted by atomic mass is 32.2. The van der Waals surface area contributed by atoms with E-state index in [1.807, 2.05) is 0 Å². The molecule has 1 aromatic rings. The standard InChI is InChI=1S/C21H27N3O6S/c1-20(2,3)19(30)23-12(10-6-8-11(25)9-7-10)15(26)22-13-16(27)24-14(18(28)29)21(4,5)31-17(13)24/h6-9,12-14,17,25H,1-5H3,(H,22,26)(H,23,30)(H,28,29). The topological polar surface area (TPSA) is 136 Å². The normalized spacial score (nSPS) is 25.3. The van der Waals surface area contributed by atoms with Crippen molar-refractivity contribution in [2.45, 2.75) is 62.9 Å². The van der Waals surface area contributed by atoms with E-state index in [0.717, 1.165) is 0 Å². The van der Waals surface area contributed by atoms with Gasteiger partial charge in [0.25, 0.3) is 0 Å². The molecule has 4 atom stereocenters. The summed E-state index contributed by atoms with van der Waals surface area (Å²) >= 11 is 1.32. The molecule has 1 aromatic carbocycles. The lowest BCUT2D eigenvalue weighted by Gasteiger charge is -2.44. The number of amides is 3. The number of β-lactam (4-membered cyclic amide) rings is 1. The molecule has 0 aliphatic carbocycles. The summed E-state index contributed by atoms with van der Waals surface area (Å²) in [6.45, 7) is 8.65. The summed E-state index contributed by atoms with van der Waals surface area (Å²) in [5.74, 6) is -2.48. The van der Waals surface area contributed by atoms with Gasteiger partial charge in [-0.3, -0.25) is 14.4 Å². The molecule has 2 aliphatic heterocycles. The third-order valence-corrected chi connectivity index (χ3v) is 6.99. The van der Waals surface area contributed by atoms with Crippen LogP contribution in [0.5, 0.6) is 5.75 Å². The van der Waals surface area contributed by atoms with E-state index in [9.17, 15) is 29.4 Å². The predicted octanol–water partition coefficient (Wildman–Crippen LogP) is 1.23. The summed E-state index contributed by atoms with van der Waals surface area (Å²) in [6.07, 6.45) is 0. The van der Waals surface area contributed by atoms with Gasteiger partial charge < -0.3 is 25.7 Å². The van der Waals surface area contributed by atoms with Crippen LogP contribution in [-0.2, 0) is 19.2 Å². The zero-order valence-corrected chi connectivity index (χ0v) is 18.8. The van der Waals surface area contributed by atoms with Crippen LogP contribution in [0, 0.1) is 5.41 Å². The first-order valence-corrected chi connectivity index (χ1v) is 10.7. The number of nitrogens with zero attached hydrogens (tertiary/aromatic N) is 1. The Morgan fingerprint density at radius 1 is 1.16 bits per heavy atom. The number of carbonyl (C=O) groups is 4. The molecule has 3 rings (SSSR count). The lowest BCUT2D eigenvalue weighted by Crippen LogP contribution is -2.71. The minimum absolute atomic E-state index is 0.0131. The van der Waals surface area contributed by atoms with Crippen molar-refractivity contribution >= 4 is 35.5 Å². The summed E-state index contributed by atoms with van der Waals surface area (Å²) in [4.78, 5) is 51.3. The van der Waals surface area contributed by atoms with Crippen molar-refractivity contribution in [1.29, 1.82) is 0 Å². The molecule has 2 fully saturated rings. The fraction of sp³-hybridized carbons (Fsp3) is 0.524. The van der Waals surface area contributed by atoms with Crippen molar-refractivity contribution in [3.8, 4) is 5.75 Å². The molecular formula is C21H27N3O6S. The van der Waals surface area contributed by atoms with Crippen LogP contribution in [0.2, 0.25) is 0 Å². The van der Waals surface area contributed by atoms with Crippen molar-refractivity contribution in [3.63, 3.8) is 0 Å². The van der Waals surface area contributed by atoms with Crippen molar-refractivity contribution in [2.24, 2.45) is 5.41 Å². The lowest BCUT2D eigenvalue weighted by molar-refractivity contribution is -0.161. The molecule has 0 saturated carbocycles. The number of nitrogens with one attached hydrogen (secondary N) is 2. The number of hydrogen-bond donors (Lipinski definition) is 4. The summed E-state index contributed by atoms with van der Waals surface area (Å²) in [5, 5.41) is 24.0. The summed E-state index contributed by atoms with van der Waals surface area (Å²) in [6, 6.07) is 2.91. The van der Waals surface area contributed by atoms with Crippen LogP contribution in [0.3, 0.4) is 0 Å². The van der Waals surface area contributed by atoms with E-state index in [4.69, 9.17) is 0 Å². The highest BCUT2D eigenvalue weighted by Gasteiger charge is 2.64. The number of carboxylic acid groups (broad SMARTS) is 1. The number of phenolic OH excluding ortho intramolecular Hbond substituents is 1. The Bertz CT molecular complexity index is 924. The molecule has 2 heterocycles. The molecule has 4 N–H and O–H groups in total. The van der Waals surface area contributed by atoms with Crippen molar-refractivity contribution in [2.75, 3.05) is 0 Å². The zero-order valence-electron chi connectivity index (χ0n) is 18.0. The third kappa shape index (κ3) is 4.21. The van der Waals surface area contributed by atoms with Gasteiger partial charge in [0.15, 0.2) is 0 Å². The molecule has 3 amide bonds. The average Bonchev–Trinajstić information content (AvgIpc) is 2.92. The molecule has 4 unspecified atom stereocenters. The molecule has 0 spiro atoms. The van der Waals surface area contributed by atoms with Gasteiger partial charge in [-0.2, -0.15) is 0 Å². The maximum absolute atomic E-state index is 13.1. The molecule has 31 heavy (non-hydrogen) atoms. The van der Waals surface area contributed by atoms with Gasteiger partial charge >= 0.3 is 5.97 Å². The molecule has 0 radical (unpaired) electrons. The predicted molar refractivity (Wildman–Crippen MR) is 114 cm³/mol. The monoisotopic (exact) mass is 449 g/mol. The minimum atomic E-state index is -1.09. The lowest BCUT2D eigenvalue weighted by atomic mass is 9.93. The smallest absolute Gasteiger partial charge is 0.327 e. The Morgan fingerprint density at radius 2 is 1.74 bits per heavy atom. The molecule has 0 bridgehead atoms. The van der Waals surface area contributed by atoms with Gasteiger partial charge in [0, 0.05) is 10.2 Å². The average molecular weight is 450 g/mol. The quantitative estimate of drug-likeness (QED) is 0.496. The maximum Gasteiger partial charge on any atom is 0.327 e. The van der Waals surface area contributed by atoms with Crippen LogP contribution in [-0.4, -0.2) is 61.0 Å². The fourth-order valence-corrected chi connectivity index (χ4v) is 5.32. The molecule has 2 saturated heterocycles. The van der Waals surface area contributed by atoms with Crippen LogP contribution >= 0.6 is 11.8 Å². The van der Waals surface area contributed by atoms with E-state index in [1.54, 1.807) is 34.6 Å². The number of rotatable bonds is 5. The Labute approximate surface area is 184 Å². The number of phenols is 1. The Hall–Kier alpha value is -2.75. The number of aliphatic carboxylic acids is 1. The first-order valence-electron chi connectivity index (χ1n) is 9.87.